The molecule has 0 aliphatic heterocycles. The fourth-order valence-electron chi connectivity index (χ4n) is 3.69. The monoisotopic (exact) mass is 478 g/mol. The van der Waals surface area contributed by atoms with Crippen LogP contribution in [0.3, 0.4) is 0 Å². The molecule has 0 saturated carbocycles. The van der Waals surface area contributed by atoms with Crippen molar-refractivity contribution in [3.63, 3.8) is 0 Å². The molecule has 0 unspecified atom stereocenters. The van der Waals surface area contributed by atoms with Gasteiger partial charge in [0.15, 0.2) is 0 Å². The molecule has 0 spiro atoms. The Morgan fingerprint density at radius 1 is 0.806 bits per heavy atom. The van der Waals surface area contributed by atoms with Crippen LogP contribution in [-0.2, 0) is 5.41 Å². The molecule has 36 heavy (non-hydrogen) atoms. The van der Waals surface area contributed by atoms with Crippen molar-refractivity contribution in [2.75, 3.05) is 0 Å². The Balaban J connectivity index is 1.73. The van der Waals surface area contributed by atoms with Crippen molar-refractivity contribution in [1.82, 2.24) is 20.2 Å². The molecule has 4 aromatic rings. The predicted molar refractivity (Wildman–Crippen MR) is 149 cm³/mol. The van der Waals surface area contributed by atoms with Crippen LogP contribution in [0.25, 0.3) is 39.6 Å². The second-order valence-corrected chi connectivity index (χ2v) is 11.0. The Morgan fingerprint density at radius 3 is 1.97 bits per heavy atom. The molecule has 4 N–H and O–H groups in total. The molecule has 0 aliphatic rings. The molecule has 0 aliphatic carbocycles. The van der Waals surface area contributed by atoms with Crippen LogP contribution in [0.5, 0.6) is 0 Å². The van der Waals surface area contributed by atoms with E-state index >= 15 is 0 Å². The number of aromatic nitrogens is 4. The zero-order chi connectivity index (χ0) is 26.1. The first-order valence-corrected chi connectivity index (χ1v) is 12.1. The molecule has 3 heterocycles. The van der Waals surface area contributed by atoms with Crippen LogP contribution in [0.1, 0.15) is 52.9 Å². The van der Waals surface area contributed by atoms with Gasteiger partial charge in [0.1, 0.15) is 0 Å². The van der Waals surface area contributed by atoms with Gasteiger partial charge in [0.2, 0.25) is 0 Å². The van der Waals surface area contributed by atoms with Gasteiger partial charge in [0.25, 0.3) is 0 Å². The fraction of sp³-hybridized carbons (Fsp3) is 0.267. The lowest BCUT2D eigenvalue weighted by Crippen LogP contribution is -2.18. The van der Waals surface area contributed by atoms with Crippen LogP contribution >= 0.6 is 0 Å². The van der Waals surface area contributed by atoms with E-state index in [4.69, 9.17) is 21.1 Å². The quantitative estimate of drug-likeness (QED) is 0.272. The van der Waals surface area contributed by atoms with E-state index in [2.05, 4.69) is 43.1 Å². The number of pyridine rings is 2. The SMILES string of the molecule is CC(C)(C)C(=N)/C=C(\N)c1cccc(-c2ccccc2-c2cccc(-c3cc(C(C)(C)C)n[nH]3)n2)n1. The second-order valence-electron chi connectivity index (χ2n) is 11.0. The minimum absolute atomic E-state index is 0.0443. The number of aromatic amines is 1. The summed E-state index contributed by atoms with van der Waals surface area (Å²) >= 11 is 0. The maximum absolute atomic E-state index is 8.31. The smallest absolute Gasteiger partial charge is 0.0887 e. The van der Waals surface area contributed by atoms with Crippen molar-refractivity contribution in [3.8, 4) is 33.9 Å². The normalized spacial score (nSPS) is 12.6. The minimum atomic E-state index is -0.284. The number of hydrogen-bond acceptors (Lipinski definition) is 5. The first-order valence-electron chi connectivity index (χ1n) is 12.1. The molecule has 0 fully saturated rings. The number of rotatable bonds is 5. The van der Waals surface area contributed by atoms with Gasteiger partial charge in [0.05, 0.1) is 39.9 Å². The Hall–Kier alpha value is -4.06. The van der Waals surface area contributed by atoms with Gasteiger partial charge < -0.3 is 11.1 Å². The third-order valence-corrected chi connectivity index (χ3v) is 6.00. The highest BCUT2D eigenvalue weighted by Gasteiger charge is 2.19. The zero-order valence-electron chi connectivity index (χ0n) is 21.8. The third-order valence-electron chi connectivity index (χ3n) is 6.00. The van der Waals surface area contributed by atoms with Crippen LogP contribution in [-0.4, -0.2) is 25.9 Å². The summed E-state index contributed by atoms with van der Waals surface area (Å²) in [4.78, 5) is 9.80. The first kappa shape index (κ1) is 25.0. The van der Waals surface area contributed by atoms with Gasteiger partial charge in [-0.1, -0.05) is 77.9 Å². The lowest BCUT2D eigenvalue weighted by molar-refractivity contribution is 0.567. The molecule has 4 rings (SSSR count). The van der Waals surface area contributed by atoms with E-state index in [-0.39, 0.29) is 10.8 Å². The summed E-state index contributed by atoms with van der Waals surface area (Å²) in [6, 6.07) is 21.9. The van der Waals surface area contributed by atoms with Crippen LogP contribution in [0.4, 0.5) is 0 Å². The summed E-state index contributed by atoms with van der Waals surface area (Å²) in [6.07, 6.45) is 1.69. The Labute approximate surface area is 213 Å². The number of nitrogens with one attached hydrogen (secondary N) is 2. The standard InChI is InChI=1S/C30H34N6/c1-29(2,3)27(32)17-21(31)24-15-9-13-22(33-24)19-11-7-8-12-20(19)23-14-10-16-25(34-23)26-18-28(36-35-26)30(4,5)6/h7-18,32H,31H2,1-6H3,(H,35,36)/b21-17-,32-27?. The average Bonchev–Trinajstić information content (AvgIpc) is 3.35. The van der Waals surface area contributed by atoms with Crippen molar-refractivity contribution in [3.05, 3.63) is 84.2 Å². The molecule has 0 saturated heterocycles. The number of nitrogens with zero attached hydrogens (tertiary/aromatic N) is 3. The van der Waals surface area contributed by atoms with Gasteiger partial charge in [-0.2, -0.15) is 5.10 Å². The van der Waals surface area contributed by atoms with Gasteiger partial charge >= 0.3 is 0 Å². The number of hydrogen-bond donors (Lipinski definition) is 3. The van der Waals surface area contributed by atoms with E-state index in [0.29, 0.717) is 17.1 Å². The summed E-state index contributed by atoms with van der Waals surface area (Å²) in [7, 11) is 0. The summed E-state index contributed by atoms with van der Waals surface area (Å²) in [5.41, 5.74) is 13.9. The second kappa shape index (κ2) is 9.53. The van der Waals surface area contributed by atoms with E-state index in [9.17, 15) is 0 Å². The van der Waals surface area contributed by atoms with Gasteiger partial charge in [-0.05, 0) is 36.4 Å². The van der Waals surface area contributed by atoms with Gasteiger partial charge in [-0.15, -0.1) is 0 Å². The van der Waals surface area contributed by atoms with Crippen LogP contribution in [0.2, 0.25) is 0 Å². The van der Waals surface area contributed by atoms with E-state index in [1.165, 1.54) is 0 Å². The molecule has 1 aromatic carbocycles. The maximum Gasteiger partial charge on any atom is 0.0887 e. The number of nitrogens with two attached hydrogens (primary N) is 1. The Morgan fingerprint density at radius 2 is 1.39 bits per heavy atom. The maximum atomic E-state index is 8.31. The molecule has 0 radical (unpaired) electrons. The van der Waals surface area contributed by atoms with Gasteiger partial charge in [0, 0.05) is 27.7 Å². The highest BCUT2D eigenvalue weighted by molar-refractivity contribution is 6.01. The molecule has 6 nitrogen and oxygen atoms in total. The summed E-state index contributed by atoms with van der Waals surface area (Å²) in [5, 5.41) is 15.9. The lowest BCUT2D eigenvalue weighted by Gasteiger charge is -2.17. The zero-order valence-corrected chi connectivity index (χ0v) is 21.8. The van der Waals surface area contributed by atoms with Crippen molar-refractivity contribution >= 4 is 11.4 Å². The largest absolute Gasteiger partial charge is 0.397 e. The molecule has 6 heteroatoms. The molecular weight excluding hydrogens is 444 g/mol. The van der Waals surface area contributed by atoms with E-state index in [0.717, 1.165) is 39.6 Å². The Kier molecular flexibility index (Phi) is 6.63. The van der Waals surface area contributed by atoms with Crippen molar-refractivity contribution in [1.29, 1.82) is 5.41 Å². The van der Waals surface area contributed by atoms with Crippen molar-refractivity contribution in [2.24, 2.45) is 11.1 Å². The molecule has 0 amide bonds. The minimum Gasteiger partial charge on any atom is -0.397 e. The summed E-state index contributed by atoms with van der Waals surface area (Å²) in [6.45, 7) is 12.4. The van der Waals surface area contributed by atoms with E-state index < -0.39 is 0 Å². The Bertz CT molecular complexity index is 1430. The van der Waals surface area contributed by atoms with E-state index in [1.807, 2.05) is 75.4 Å². The van der Waals surface area contributed by atoms with Crippen LogP contribution < -0.4 is 5.73 Å². The van der Waals surface area contributed by atoms with Crippen molar-refractivity contribution < 1.29 is 0 Å². The molecule has 0 atom stereocenters. The number of allylic oxidation sites excluding steroid dienone is 1. The van der Waals surface area contributed by atoms with Gasteiger partial charge in [-0.3, -0.25) is 5.10 Å². The van der Waals surface area contributed by atoms with Gasteiger partial charge in [-0.25, -0.2) is 9.97 Å². The third kappa shape index (κ3) is 5.43. The van der Waals surface area contributed by atoms with Crippen LogP contribution in [0, 0.1) is 10.8 Å². The van der Waals surface area contributed by atoms with E-state index in [1.54, 1.807) is 6.08 Å². The molecule has 184 valence electrons. The molecule has 0 bridgehead atoms. The number of H-pyrrole nitrogens is 1. The fourth-order valence-corrected chi connectivity index (χ4v) is 3.69. The predicted octanol–water partition coefficient (Wildman–Crippen LogP) is 6.86. The average molecular weight is 479 g/mol. The summed E-state index contributed by atoms with van der Waals surface area (Å²) in [5.74, 6) is 0. The lowest BCUT2D eigenvalue weighted by atomic mass is 9.89. The van der Waals surface area contributed by atoms with Crippen molar-refractivity contribution in [2.45, 2.75) is 47.0 Å². The van der Waals surface area contributed by atoms with Crippen LogP contribution in [0.15, 0.2) is 72.8 Å². The molecule has 3 aromatic heterocycles. The molecular formula is C30H34N6. The summed E-state index contributed by atoms with van der Waals surface area (Å²) < 4.78 is 0. The first-order chi connectivity index (χ1) is 16.9. The highest BCUT2D eigenvalue weighted by atomic mass is 15.1. The highest BCUT2D eigenvalue weighted by Crippen LogP contribution is 2.32. The topological polar surface area (TPSA) is 104 Å². The number of benzene rings is 1.